The van der Waals surface area contributed by atoms with Crippen LogP contribution in [0.25, 0.3) is 0 Å². The lowest BCUT2D eigenvalue weighted by Crippen LogP contribution is -2.52. The molecule has 2 aliphatic heterocycles. The van der Waals surface area contributed by atoms with Gasteiger partial charge in [-0.25, -0.2) is 12.8 Å². The molecule has 0 saturated carbocycles. The molecule has 2 aliphatic rings. The third-order valence-corrected chi connectivity index (χ3v) is 5.85. The van der Waals surface area contributed by atoms with E-state index in [0.717, 1.165) is 12.8 Å². The summed E-state index contributed by atoms with van der Waals surface area (Å²) in [5.41, 5.74) is 0.416. The number of hydrogen-bond donors (Lipinski definition) is 1. The average Bonchev–Trinajstić information content (AvgIpc) is 2.72. The van der Waals surface area contributed by atoms with Gasteiger partial charge < -0.3 is 5.32 Å². The average molecular weight is 326 g/mol. The van der Waals surface area contributed by atoms with Crippen molar-refractivity contribution in [1.29, 1.82) is 0 Å². The third kappa shape index (κ3) is 3.01. The highest BCUT2D eigenvalue weighted by Gasteiger charge is 2.45. The zero-order valence-electron chi connectivity index (χ0n) is 12.3. The summed E-state index contributed by atoms with van der Waals surface area (Å²) >= 11 is 0. The van der Waals surface area contributed by atoms with Crippen LogP contribution in [0.3, 0.4) is 0 Å². The van der Waals surface area contributed by atoms with E-state index in [1.165, 1.54) is 30.5 Å². The van der Waals surface area contributed by atoms with Gasteiger partial charge in [-0.2, -0.15) is 4.31 Å². The van der Waals surface area contributed by atoms with Gasteiger partial charge in [-0.1, -0.05) is 0 Å². The Labute approximate surface area is 129 Å². The number of hydrogen-bond acceptors (Lipinski definition) is 3. The summed E-state index contributed by atoms with van der Waals surface area (Å²) in [6.45, 7) is 0. The first-order valence-electron chi connectivity index (χ1n) is 7.39. The summed E-state index contributed by atoms with van der Waals surface area (Å²) < 4.78 is 38.1. The van der Waals surface area contributed by atoms with Crippen molar-refractivity contribution in [2.75, 3.05) is 6.26 Å². The lowest BCUT2D eigenvalue weighted by molar-refractivity contribution is 0.0909. The number of piperidine rings is 1. The molecule has 1 aromatic rings. The van der Waals surface area contributed by atoms with E-state index in [1.807, 2.05) is 0 Å². The van der Waals surface area contributed by atoms with E-state index < -0.39 is 10.0 Å². The minimum Gasteiger partial charge on any atom is -0.349 e. The maximum absolute atomic E-state index is 12.9. The molecule has 5 nitrogen and oxygen atoms in total. The largest absolute Gasteiger partial charge is 0.349 e. The molecule has 1 N–H and O–H groups in total. The lowest BCUT2D eigenvalue weighted by Gasteiger charge is -2.37. The Balaban J connectivity index is 1.67. The molecule has 1 unspecified atom stereocenters. The normalized spacial score (nSPS) is 28.5. The van der Waals surface area contributed by atoms with Gasteiger partial charge in [0.1, 0.15) is 5.82 Å². The monoisotopic (exact) mass is 326 g/mol. The number of fused-ring (bicyclic) bond motifs is 2. The number of rotatable bonds is 3. The van der Waals surface area contributed by atoms with Crippen LogP contribution in [0, 0.1) is 5.82 Å². The molecule has 1 amide bonds. The van der Waals surface area contributed by atoms with E-state index >= 15 is 0 Å². The molecular formula is C15H19FN2O3S. The standard InChI is InChI=1S/C15H19FN2O3S/c1-22(20,21)18-13-6-7-14(18)9-12(8-13)17-15(19)10-2-4-11(16)5-3-10/h2-5,12-14H,6-9H2,1H3,(H,17,19)/t12?,13-,14+. The van der Waals surface area contributed by atoms with Crippen molar-refractivity contribution in [2.24, 2.45) is 0 Å². The predicted molar refractivity (Wildman–Crippen MR) is 80.4 cm³/mol. The van der Waals surface area contributed by atoms with Crippen molar-refractivity contribution in [3.8, 4) is 0 Å². The highest BCUT2D eigenvalue weighted by Crippen LogP contribution is 2.37. The quantitative estimate of drug-likeness (QED) is 0.915. The van der Waals surface area contributed by atoms with Crippen molar-refractivity contribution in [3.63, 3.8) is 0 Å². The smallest absolute Gasteiger partial charge is 0.251 e. The van der Waals surface area contributed by atoms with Gasteiger partial charge in [-0.3, -0.25) is 4.79 Å². The summed E-state index contributed by atoms with van der Waals surface area (Å²) in [5, 5.41) is 2.94. The van der Waals surface area contributed by atoms with Gasteiger partial charge in [0.2, 0.25) is 10.0 Å². The number of nitrogens with zero attached hydrogens (tertiary/aromatic N) is 1. The minimum atomic E-state index is -3.19. The molecule has 1 aromatic carbocycles. The number of halogens is 1. The topological polar surface area (TPSA) is 66.5 Å². The molecular weight excluding hydrogens is 307 g/mol. The van der Waals surface area contributed by atoms with Crippen LogP contribution in [0.2, 0.25) is 0 Å². The number of carbonyl (C=O) groups is 1. The van der Waals surface area contributed by atoms with Crippen LogP contribution in [-0.4, -0.2) is 43.0 Å². The van der Waals surface area contributed by atoms with Crippen molar-refractivity contribution in [2.45, 2.75) is 43.8 Å². The van der Waals surface area contributed by atoms with E-state index in [0.29, 0.717) is 18.4 Å². The highest BCUT2D eigenvalue weighted by atomic mass is 32.2. The van der Waals surface area contributed by atoms with Crippen LogP contribution in [0.1, 0.15) is 36.0 Å². The molecule has 0 spiro atoms. The first-order chi connectivity index (χ1) is 10.3. The van der Waals surface area contributed by atoms with Crippen LogP contribution in [0.15, 0.2) is 24.3 Å². The van der Waals surface area contributed by atoms with Crippen LogP contribution < -0.4 is 5.32 Å². The van der Waals surface area contributed by atoms with Gasteiger partial charge >= 0.3 is 0 Å². The zero-order chi connectivity index (χ0) is 15.9. The van der Waals surface area contributed by atoms with E-state index in [1.54, 1.807) is 4.31 Å². The van der Waals surface area contributed by atoms with Crippen molar-refractivity contribution < 1.29 is 17.6 Å². The van der Waals surface area contributed by atoms with Crippen LogP contribution in [0.5, 0.6) is 0 Å². The maximum atomic E-state index is 12.9. The number of sulfonamides is 1. The van der Waals surface area contributed by atoms with Gasteiger partial charge in [-0.15, -0.1) is 0 Å². The van der Waals surface area contributed by atoms with Crippen molar-refractivity contribution in [3.05, 3.63) is 35.6 Å². The summed E-state index contributed by atoms with van der Waals surface area (Å²) in [6, 6.07) is 5.33. The molecule has 0 radical (unpaired) electrons. The van der Waals surface area contributed by atoms with Gasteiger partial charge in [0, 0.05) is 23.7 Å². The van der Waals surface area contributed by atoms with Gasteiger partial charge in [0.05, 0.1) is 6.26 Å². The molecule has 2 bridgehead atoms. The van der Waals surface area contributed by atoms with Crippen LogP contribution in [-0.2, 0) is 10.0 Å². The Morgan fingerprint density at radius 3 is 2.23 bits per heavy atom. The molecule has 3 rings (SSSR count). The Bertz CT molecular complexity index is 661. The second-order valence-electron chi connectivity index (χ2n) is 6.13. The molecule has 3 atom stereocenters. The molecule has 2 saturated heterocycles. The van der Waals surface area contributed by atoms with E-state index in [-0.39, 0.29) is 29.8 Å². The van der Waals surface area contributed by atoms with E-state index in [4.69, 9.17) is 0 Å². The van der Waals surface area contributed by atoms with Gasteiger partial charge in [-0.05, 0) is 49.9 Å². The molecule has 7 heteroatoms. The molecule has 0 aliphatic carbocycles. The SMILES string of the molecule is CS(=O)(=O)N1[C@@H]2CC[C@H]1CC(NC(=O)c1ccc(F)cc1)C2. The minimum absolute atomic E-state index is 0.0210. The second kappa shape index (κ2) is 5.62. The van der Waals surface area contributed by atoms with Crippen LogP contribution in [0.4, 0.5) is 4.39 Å². The van der Waals surface area contributed by atoms with E-state index in [9.17, 15) is 17.6 Å². The summed E-state index contributed by atoms with van der Waals surface area (Å²) in [5.74, 6) is -0.617. The number of benzene rings is 1. The summed E-state index contributed by atoms with van der Waals surface area (Å²) in [4.78, 5) is 12.2. The number of amides is 1. The zero-order valence-corrected chi connectivity index (χ0v) is 13.1. The van der Waals surface area contributed by atoms with Gasteiger partial charge in [0.15, 0.2) is 0 Å². The molecule has 120 valence electrons. The highest BCUT2D eigenvalue weighted by molar-refractivity contribution is 7.88. The Morgan fingerprint density at radius 1 is 1.18 bits per heavy atom. The van der Waals surface area contributed by atoms with Crippen LogP contribution >= 0.6 is 0 Å². The predicted octanol–water partition coefficient (Wildman–Crippen LogP) is 1.51. The number of carbonyl (C=O) groups excluding carboxylic acids is 1. The van der Waals surface area contributed by atoms with Crippen molar-refractivity contribution >= 4 is 15.9 Å². The number of nitrogens with one attached hydrogen (secondary N) is 1. The first kappa shape index (κ1) is 15.4. The summed E-state index contributed by atoms with van der Waals surface area (Å²) in [6.07, 6.45) is 4.21. The van der Waals surface area contributed by atoms with Crippen molar-refractivity contribution in [1.82, 2.24) is 9.62 Å². The second-order valence-corrected chi connectivity index (χ2v) is 8.01. The van der Waals surface area contributed by atoms with E-state index in [2.05, 4.69) is 5.32 Å². The Kier molecular flexibility index (Phi) is 3.94. The Hall–Kier alpha value is -1.47. The molecule has 2 fully saturated rings. The summed E-state index contributed by atoms with van der Waals surface area (Å²) in [7, 11) is -3.19. The fraction of sp³-hybridized carbons (Fsp3) is 0.533. The fourth-order valence-corrected chi connectivity index (χ4v) is 5.13. The molecule has 0 aromatic heterocycles. The maximum Gasteiger partial charge on any atom is 0.251 e. The van der Waals surface area contributed by atoms with Gasteiger partial charge in [0.25, 0.3) is 5.91 Å². The third-order valence-electron chi connectivity index (χ3n) is 4.49. The fourth-order valence-electron chi connectivity index (χ4n) is 3.66. The Morgan fingerprint density at radius 2 is 1.73 bits per heavy atom. The molecule has 22 heavy (non-hydrogen) atoms. The first-order valence-corrected chi connectivity index (χ1v) is 9.24. The molecule has 2 heterocycles. The lowest BCUT2D eigenvalue weighted by atomic mass is 9.99.